The lowest BCUT2D eigenvalue weighted by Gasteiger charge is -2.09. The van der Waals surface area contributed by atoms with Gasteiger partial charge in [-0.15, -0.1) is 0 Å². The van der Waals surface area contributed by atoms with Gasteiger partial charge in [0.25, 0.3) is 3.79 Å². The van der Waals surface area contributed by atoms with Crippen LogP contribution in [-0.2, 0) is 0 Å². The van der Waals surface area contributed by atoms with Gasteiger partial charge in [-0.2, -0.15) is 0 Å². The van der Waals surface area contributed by atoms with Gasteiger partial charge in [-0.1, -0.05) is 46.9 Å². The topological polar surface area (TPSA) is 17.1 Å². The molecule has 0 bridgehead atoms. The summed E-state index contributed by atoms with van der Waals surface area (Å²) < 4.78 is 11.0. The first-order valence-corrected chi connectivity index (χ1v) is 4.83. The highest BCUT2D eigenvalue weighted by molar-refractivity contribution is 6.77. The number of alkyl halides is 3. The molecular formula is C9H6Cl3FO. The zero-order valence-corrected chi connectivity index (χ0v) is 9.42. The number of benzene rings is 1. The van der Waals surface area contributed by atoms with Gasteiger partial charge in [0, 0.05) is 5.56 Å². The second kappa shape index (κ2) is 4.05. The van der Waals surface area contributed by atoms with Gasteiger partial charge < -0.3 is 0 Å². The minimum absolute atomic E-state index is 0.0492. The van der Waals surface area contributed by atoms with Crippen molar-refractivity contribution in [3.8, 4) is 0 Å². The Hall–Kier alpha value is -0.310. The number of aryl methyl sites for hydroxylation is 1. The molecule has 0 heterocycles. The highest BCUT2D eigenvalue weighted by atomic mass is 35.6. The van der Waals surface area contributed by atoms with Crippen molar-refractivity contribution in [2.45, 2.75) is 10.7 Å². The maximum Gasteiger partial charge on any atom is 0.253 e. The Labute approximate surface area is 95.8 Å². The molecule has 0 saturated carbocycles. The van der Waals surface area contributed by atoms with Crippen LogP contribution in [0.2, 0.25) is 0 Å². The second-order valence-electron chi connectivity index (χ2n) is 2.79. The highest BCUT2D eigenvalue weighted by Crippen LogP contribution is 2.30. The molecule has 0 aliphatic carbocycles. The van der Waals surface area contributed by atoms with Crippen LogP contribution in [0.5, 0.6) is 0 Å². The number of hydrogen-bond donors (Lipinski definition) is 0. The Kier molecular flexibility index (Phi) is 3.40. The van der Waals surface area contributed by atoms with Gasteiger partial charge in [-0.05, 0) is 18.6 Å². The third-order valence-corrected chi connectivity index (χ3v) is 2.21. The second-order valence-corrected chi connectivity index (χ2v) is 5.07. The zero-order valence-electron chi connectivity index (χ0n) is 7.15. The predicted molar refractivity (Wildman–Crippen MR) is 55.8 cm³/mol. The van der Waals surface area contributed by atoms with Crippen molar-refractivity contribution in [3.63, 3.8) is 0 Å². The minimum atomic E-state index is -2.04. The first kappa shape index (κ1) is 11.8. The molecule has 0 spiro atoms. The quantitative estimate of drug-likeness (QED) is 0.552. The van der Waals surface area contributed by atoms with E-state index in [-0.39, 0.29) is 5.56 Å². The molecule has 0 saturated heterocycles. The van der Waals surface area contributed by atoms with Crippen LogP contribution in [0, 0.1) is 12.7 Å². The van der Waals surface area contributed by atoms with E-state index in [1.807, 2.05) is 0 Å². The molecule has 0 aromatic heterocycles. The van der Waals surface area contributed by atoms with E-state index < -0.39 is 15.4 Å². The summed E-state index contributed by atoms with van der Waals surface area (Å²) in [5.74, 6) is -1.23. The van der Waals surface area contributed by atoms with E-state index in [1.54, 1.807) is 6.92 Å². The SMILES string of the molecule is Cc1ccc(C(=O)C(Cl)(Cl)Cl)cc1F. The number of Topliss-reactive ketones (excluding diaryl/α,β-unsaturated/α-hetero) is 1. The van der Waals surface area contributed by atoms with Gasteiger partial charge in [0.1, 0.15) is 5.82 Å². The molecule has 14 heavy (non-hydrogen) atoms. The number of hydrogen-bond acceptors (Lipinski definition) is 1. The van der Waals surface area contributed by atoms with E-state index >= 15 is 0 Å². The molecule has 1 aromatic carbocycles. The number of carbonyl (C=O) groups is 1. The van der Waals surface area contributed by atoms with E-state index in [2.05, 4.69) is 0 Å². The van der Waals surface area contributed by atoms with E-state index in [0.717, 1.165) is 6.07 Å². The van der Waals surface area contributed by atoms with Crippen LogP contribution >= 0.6 is 34.8 Å². The van der Waals surface area contributed by atoms with Gasteiger partial charge in [0.2, 0.25) is 5.78 Å². The number of rotatable bonds is 1. The molecule has 1 rings (SSSR count). The average Bonchev–Trinajstić information content (AvgIpc) is 2.07. The van der Waals surface area contributed by atoms with Gasteiger partial charge in [-0.25, -0.2) is 4.39 Å². The molecule has 0 radical (unpaired) electrons. The fraction of sp³-hybridized carbons (Fsp3) is 0.222. The summed E-state index contributed by atoms with van der Waals surface area (Å²) in [5.41, 5.74) is 0.485. The molecule has 1 nitrogen and oxygen atoms in total. The molecule has 0 atom stereocenters. The van der Waals surface area contributed by atoms with E-state index in [9.17, 15) is 9.18 Å². The fourth-order valence-electron chi connectivity index (χ4n) is 0.898. The number of ketones is 1. The van der Waals surface area contributed by atoms with E-state index in [4.69, 9.17) is 34.8 Å². The Morgan fingerprint density at radius 1 is 1.36 bits per heavy atom. The summed E-state index contributed by atoms with van der Waals surface area (Å²) in [4.78, 5) is 11.4. The Morgan fingerprint density at radius 2 is 1.93 bits per heavy atom. The minimum Gasteiger partial charge on any atom is -0.289 e. The van der Waals surface area contributed by atoms with Gasteiger partial charge in [0.15, 0.2) is 0 Å². The lowest BCUT2D eigenvalue weighted by atomic mass is 10.1. The largest absolute Gasteiger partial charge is 0.289 e. The van der Waals surface area contributed by atoms with Crippen molar-refractivity contribution in [1.29, 1.82) is 0 Å². The summed E-state index contributed by atoms with van der Waals surface area (Å²) in [7, 11) is 0. The maximum absolute atomic E-state index is 13.0. The van der Waals surface area contributed by atoms with Crippen LogP contribution in [0.15, 0.2) is 18.2 Å². The average molecular weight is 256 g/mol. The van der Waals surface area contributed by atoms with Crippen molar-refractivity contribution < 1.29 is 9.18 Å². The predicted octanol–water partition coefficient (Wildman–Crippen LogP) is 3.69. The summed E-state index contributed by atoms with van der Waals surface area (Å²) in [6, 6.07) is 3.93. The lowest BCUT2D eigenvalue weighted by Crippen LogP contribution is -2.19. The van der Waals surface area contributed by atoms with Crippen molar-refractivity contribution in [2.24, 2.45) is 0 Å². The van der Waals surface area contributed by atoms with Crippen molar-refractivity contribution in [1.82, 2.24) is 0 Å². The van der Waals surface area contributed by atoms with Gasteiger partial charge in [0.05, 0.1) is 0 Å². The molecule has 0 amide bonds. The number of halogens is 4. The van der Waals surface area contributed by atoms with Crippen molar-refractivity contribution in [3.05, 3.63) is 35.1 Å². The smallest absolute Gasteiger partial charge is 0.253 e. The zero-order chi connectivity index (χ0) is 10.9. The molecule has 0 aliphatic rings. The summed E-state index contributed by atoms with van der Waals surface area (Å²) in [6.07, 6.45) is 0. The monoisotopic (exact) mass is 254 g/mol. The fourth-order valence-corrected chi connectivity index (χ4v) is 1.23. The maximum atomic E-state index is 13.0. The van der Waals surface area contributed by atoms with Crippen LogP contribution in [0.4, 0.5) is 4.39 Å². The molecule has 1 aromatic rings. The lowest BCUT2D eigenvalue weighted by molar-refractivity contribution is 0.0996. The number of carbonyl (C=O) groups excluding carboxylic acids is 1. The van der Waals surface area contributed by atoms with Crippen LogP contribution < -0.4 is 0 Å². The summed E-state index contributed by atoms with van der Waals surface area (Å²) >= 11 is 16.1. The van der Waals surface area contributed by atoms with E-state index in [1.165, 1.54) is 12.1 Å². The summed E-state index contributed by atoms with van der Waals surface area (Å²) in [5, 5.41) is 0. The molecular weight excluding hydrogens is 249 g/mol. The van der Waals surface area contributed by atoms with Crippen LogP contribution in [-0.4, -0.2) is 9.58 Å². The van der Waals surface area contributed by atoms with Crippen molar-refractivity contribution in [2.75, 3.05) is 0 Å². The Morgan fingerprint density at radius 3 is 2.36 bits per heavy atom. The Bertz CT molecular complexity index is 371. The van der Waals surface area contributed by atoms with E-state index in [0.29, 0.717) is 5.56 Å². The standard InChI is InChI=1S/C9H6Cl3FO/c1-5-2-3-6(4-7(5)13)8(14)9(10,11)12/h2-4H,1H3. The third kappa shape index (κ3) is 2.59. The van der Waals surface area contributed by atoms with Gasteiger partial charge in [-0.3, -0.25) is 4.79 Å². The molecule has 5 heteroatoms. The van der Waals surface area contributed by atoms with Crippen LogP contribution in [0.3, 0.4) is 0 Å². The first-order chi connectivity index (χ1) is 6.32. The third-order valence-electron chi connectivity index (χ3n) is 1.69. The molecule has 0 N–H and O–H groups in total. The highest BCUT2D eigenvalue weighted by Gasteiger charge is 2.31. The van der Waals surface area contributed by atoms with Crippen LogP contribution in [0.25, 0.3) is 0 Å². The molecule has 0 unspecified atom stereocenters. The molecule has 0 aliphatic heterocycles. The molecule has 76 valence electrons. The Balaban J connectivity index is 3.10. The summed E-state index contributed by atoms with van der Waals surface area (Å²) in [6.45, 7) is 1.58. The molecule has 0 fully saturated rings. The van der Waals surface area contributed by atoms with Gasteiger partial charge >= 0.3 is 0 Å². The van der Waals surface area contributed by atoms with Crippen molar-refractivity contribution >= 4 is 40.6 Å². The first-order valence-electron chi connectivity index (χ1n) is 3.70. The normalized spacial score (nSPS) is 11.5. The van der Waals surface area contributed by atoms with Crippen LogP contribution in [0.1, 0.15) is 15.9 Å².